The molecule has 0 saturated carbocycles. The third-order valence-electron chi connectivity index (χ3n) is 4.65. The molecule has 3 heterocycles. The fourth-order valence-corrected chi connectivity index (χ4v) is 4.67. The average molecular weight is 447 g/mol. The first-order valence-corrected chi connectivity index (χ1v) is 10.5. The van der Waals surface area contributed by atoms with Gasteiger partial charge in [-0.15, -0.1) is 11.3 Å². The maximum Gasteiger partial charge on any atom is 0.282 e. The van der Waals surface area contributed by atoms with Crippen LogP contribution in [0.3, 0.4) is 0 Å². The number of halogens is 1. The van der Waals surface area contributed by atoms with E-state index in [1.54, 1.807) is 12.1 Å². The Labute approximate surface area is 170 Å². The molecule has 1 fully saturated rings. The van der Waals surface area contributed by atoms with Crippen molar-refractivity contribution < 1.29 is 14.3 Å². The Morgan fingerprint density at radius 2 is 1.70 bits per heavy atom. The molecule has 5 nitrogen and oxygen atoms in total. The summed E-state index contributed by atoms with van der Waals surface area (Å²) in [5.41, 5.74) is 1.54. The van der Waals surface area contributed by atoms with Gasteiger partial charge in [0.1, 0.15) is 5.70 Å². The maximum atomic E-state index is 13.4. The van der Waals surface area contributed by atoms with E-state index in [1.807, 2.05) is 48.4 Å². The van der Waals surface area contributed by atoms with Crippen molar-refractivity contribution in [3.05, 3.63) is 56.8 Å². The standard InChI is InChI=1S/C20H19BrN2O3S/c1-12-10-22(11-13(2)26-12)18-17(16-4-3-9-27-16)19(24)23(20(18)25)15-7-5-14(21)6-8-15/h3-9,12-13H,10-11H2,1-2H3. The van der Waals surface area contributed by atoms with Crippen LogP contribution in [0.5, 0.6) is 0 Å². The van der Waals surface area contributed by atoms with Crippen molar-refractivity contribution in [2.24, 2.45) is 0 Å². The molecule has 2 amide bonds. The van der Waals surface area contributed by atoms with E-state index in [0.29, 0.717) is 30.0 Å². The Morgan fingerprint density at radius 3 is 2.30 bits per heavy atom. The molecular weight excluding hydrogens is 428 g/mol. The normalized spacial score (nSPS) is 23.5. The molecule has 0 spiro atoms. The zero-order chi connectivity index (χ0) is 19.1. The van der Waals surface area contributed by atoms with Crippen molar-refractivity contribution in [1.82, 2.24) is 4.90 Å². The number of amides is 2. The average Bonchev–Trinajstić information content (AvgIpc) is 3.21. The first kappa shape index (κ1) is 18.4. The molecule has 27 heavy (non-hydrogen) atoms. The van der Waals surface area contributed by atoms with Gasteiger partial charge in [0, 0.05) is 22.4 Å². The summed E-state index contributed by atoms with van der Waals surface area (Å²) in [7, 11) is 0. The summed E-state index contributed by atoms with van der Waals surface area (Å²) in [6, 6.07) is 11.0. The molecule has 0 radical (unpaired) electrons. The third kappa shape index (κ3) is 3.35. The van der Waals surface area contributed by atoms with Crippen LogP contribution >= 0.6 is 27.3 Å². The van der Waals surface area contributed by atoms with Gasteiger partial charge < -0.3 is 9.64 Å². The lowest BCUT2D eigenvalue weighted by molar-refractivity contribution is -0.121. The highest BCUT2D eigenvalue weighted by Crippen LogP contribution is 2.37. The first-order chi connectivity index (χ1) is 13.0. The van der Waals surface area contributed by atoms with Gasteiger partial charge in [-0.3, -0.25) is 9.59 Å². The molecule has 2 aliphatic rings. The lowest BCUT2D eigenvalue weighted by Gasteiger charge is -2.37. The number of carbonyl (C=O) groups is 2. The highest BCUT2D eigenvalue weighted by Gasteiger charge is 2.44. The molecule has 1 aromatic heterocycles. The fourth-order valence-electron chi connectivity index (χ4n) is 3.64. The predicted molar refractivity (Wildman–Crippen MR) is 109 cm³/mol. The number of hydrogen-bond acceptors (Lipinski definition) is 5. The van der Waals surface area contributed by atoms with Crippen LogP contribution in [0.15, 0.2) is 51.9 Å². The van der Waals surface area contributed by atoms with Crippen LogP contribution in [0, 0.1) is 0 Å². The molecule has 140 valence electrons. The van der Waals surface area contributed by atoms with Gasteiger partial charge in [-0.05, 0) is 49.6 Å². The molecule has 2 aromatic rings. The van der Waals surface area contributed by atoms with Gasteiger partial charge in [0.05, 0.1) is 23.5 Å². The Morgan fingerprint density at radius 1 is 1.04 bits per heavy atom. The van der Waals surface area contributed by atoms with Gasteiger partial charge in [0.15, 0.2) is 0 Å². The molecular formula is C20H19BrN2O3S. The summed E-state index contributed by atoms with van der Waals surface area (Å²) in [5, 5.41) is 1.92. The van der Waals surface area contributed by atoms with Gasteiger partial charge in [-0.1, -0.05) is 22.0 Å². The number of hydrogen-bond donors (Lipinski definition) is 0. The predicted octanol–water partition coefficient (Wildman–Crippen LogP) is 3.90. The number of nitrogens with zero attached hydrogens (tertiary/aromatic N) is 2. The minimum absolute atomic E-state index is 0.00420. The van der Waals surface area contributed by atoms with Gasteiger partial charge in [-0.25, -0.2) is 4.90 Å². The smallest absolute Gasteiger partial charge is 0.282 e. The van der Waals surface area contributed by atoms with Crippen molar-refractivity contribution in [3.8, 4) is 0 Å². The minimum Gasteiger partial charge on any atom is -0.372 e. The van der Waals surface area contributed by atoms with Crippen LogP contribution in [-0.2, 0) is 14.3 Å². The van der Waals surface area contributed by atoms with Crippen molar-refractivity contribution in [1.29, 1.82) is 0 Å². The number of rotatable bonds is 3. The zero-order valence-electron chi connectivity index (χ0n) is 15.0. The van der Waals surface area contributed by atoms with Crippen LogP contribution in [-0.4, -0.2) is 42.0 Å². The van der Waals surface area contributed by atoms with E-state index in [9.17, 15) is 9.59 Å². The molecule has 4 rings (SSSR count). The Hall–Kier alpha value is -1.96. The summed E-state index contributed by atoms with van der Waals surface area (Å²) >= 11 is 4.87. The van der Waals surface area contributed by atoms with Gasteiger partial charge in [0.2, 0.25) is 0 Å². The van der Waals surface area contributed by atoms with Crippen LogP contribution in [0.1, 0.15) is 18.7 Å². The SMILES string of the molecule is CC1CN(C2=C(c3cccs3)C(=O)N(c3ccc(Br)cc3)C2=O)CC(C)O1. The van der Waals surface area contributed by atoms with E-state index < -0.39 is 0 Å². The number of carbonyl (C=O) groups excluding carboxylic acids is 2. The second kappa shape index (κ2) is 7.22. The molecule has 7 heteroatoms. The number of imide groups is 1. The summed E-state index contributed by atoms with van der Waals surface area (Å²) in [5.74, 6) is -0.543. The second-order valence-corrected chi connectivity index (χ2v) is 8.65. The van der Waals surface area contributed by atoms with E-state index in [1.165, 1.54) is 16.2 Å². The Kier molecular flexibility index (Phi) is 4.92. The fraction of sp³-hybridized carbons (Fsp3) is 0.300. The molecule has 1 saturated heterocycles. The lowest BCUT2D eigenvalue weighted by Crippen LogP contribution is -2.47. The van der Waals surface area contributed by atoms with Crippen LogP contribution < -0.4 is 4.90 Å². The molecule has 0 aliphatic carbocycles. The maximum absolute atomic E-state index is 13.4. The van der Waals surface area contributed by atoms with E-state index in [0.717, 1.165) is 9.35 Å². The van der Waals surface area contributed by atoms with Crippen molar-refractivity contribution in [2.45, 2.75) is 26.1 Å². The van der Waals surface area contributed by atoms with Crippen LogP contribution in [0.2, 0.25) is 0 Å². The number of benzene rings is 1. The van der Waals surface area contributed by atoms with Gasteiger partial charge in [0.25, 0.3) is 11.8 Å². The van der Waals surface area contributed by atoms with Crippen molar-refractivity contribution in [2.75, 3.05) is 18.0 Å². The summed E-state index contributed by atoms with van der Waals surface area (Å²) in [4.78, 5) is 30.8. The third-order valence-corrected chi connectivity index (χ3v) is 6.06. The molecule has 1 aromatic carbocycles. The number of morpholine rings is 1. The number of ether oxygens (including phenoxy) is 1. The van der Waals surface area contributed by atoms with Gasteiger partial charge in [-0.2, -0.15) is 0 Å². The van der Waals surface area contributed by atoms with Gasteiger partial charge >= 0.3 is 0 Å². The first-order valence-electron chi connectivity index (χ1n) is 8.78. The Balaban J connectivity index is 1.80. The molecule has 2 unspecified atom stereocenters. The number of thiophene rings is 1. The highest BCUT2D eigenvalue weighted by molar-refractivity contribution is 9.10. The number of anilines is 1. The zero-order valence-corrected chi connectivity index (χ0v) is 17.4. The topological polar surface area (TPSA) is 49.9 Å². The van der Waals surface area contributed by atoms with E-state index >= 15 is 0 Å². The highest BCUT2D eigenvalue weighted by atomic mass is 79.9. The molecule has 0 N–H and O–H groups in total. The van der Waals surface area contributed by atoms with Crippen molar-refractivity contribution in [3.63, 3.8) is 0 Å². The molecule has 0 bridgehead atoms. The van der Waals surface area contributed by atoms with E-state index in [-0.39, 0.29) is 24.0 Å². The lowest BCUT2D eigenvalue weighted by atomic mass is 10.1. The summed E-state index contributed by atoms with van der Waals surface area (Å²) in [6.07, 6.45) is -0.00839. The van der Waals surface area contributed by atoms with Crippen LogP contribution in [0.25, 0.3) is 5.57 Å². The monoisotopic (exact) mass is 446 g/mol. The minimum atomic E-state index is -0.272. The van der Waals surface area contributed by atoms with E-state index in [2.05, 4.69) is 15.9 Å². The van der Waals surface area contributed by atoms with Crippen LogP contribution in [0.4, 0.5) is 5.69 Å². The Bertz CT molecular complexity index is 898. The molecule has 2 aliphatic heterocycles. The largest absolute Gasteiger partial charge is 0.372 e. The summed E-state index contributed by atoms with van der Waals surface area (Å²) in [6.45, 7) is 5.15. The summed E-state index contributed by atoms with van der Waals surface area (Å²) < 4.78 is 6.71. The van der Waals surface area contributed by atoms with E-state index in [4.69, 9.17) is 4.74 Å². The molecule has 2 atom stereocenters. The van der Waals surface area contributed by atoms with Crippen molar-refractivity contribution >= 4 is 50.3 Å². The quantitative estimate of drug-likeness (QED) is 0.670. The second-order valence-electron chi connectivity index (χ2n) is 6.79.